The van der Waals surface area contributed by atoms with Crippen molar-refractivity contribution in [2.75, 3.05) is 0 Å². The van der Waals surface area contributed by atoms with Gasteiger partial charge in [0.15, 0.2) is 0 Å². The second-order valence-corrected chi connectivity index (χ2v) is 3.43. The Morgan fingerprint density at radius 2 is 1.60 bits per heavy atom. The summed E-state index contributed by atoms with van der Waals surface area (Å²) in [5.74, 6) is 0. The first-order valence-corrected chi connectivity index (χ1v) is 4.34. The van der Waals surface area contributed by atoms with E-state index in [1.807, 2.05) is 0 Å². The Bertz CT molecular complexity index is 220. The summed E-state index contributed by atoms with van der Waals surface area (Å²) in [6, 6.07) is 0. The molecule has 0 spiro atoms. The van der Waals surface area contributed by atoms with Crippen LogP contribution in [0.4, 0.5) is 0 Å². The number of hydrogen-bond acceptors (Lipinski definition) is 4. The fraction of sp³-hybridized carbons (Fsp3) is 0. The zero-order valence-corrected chi connectivity index (χ0v) is 5.54. The standard InChI is InChI=1S/K.H3O7PS.H/c;1-8(2,3)7-9(4,5)6;/h;(H2,1,2,3)(H,4,5,6);. The van der Waals surface area contributed by atoms with Gasteiger partial charge in [0.2, 0.25) is 0 Å². The molecular weight excluding hydrogens is 214 g/mol. The summed E-state index contributed by atoms with van der Waals surface area (Å²) in [5.41, 5.74) is 0. The van der Waals surface area contributed by atoms with Crippen molar-refractivity contribution < 1.29 is 31.3 Å². The van der Waals surface area contributed by atoms with E-state index < -0.39 is 18.2 Å². The first-order valence-electron chi connectivity index (χ1n) is 1.45. The molecule has 0 saturated carbocycles. The normalized spacial score (nSPS) is 12.3. The first kappa shape index (κ1) is 14.2. The number of rotatable bonds is 2. The van der Waals surface area contributed by atoms with Crippen molar-refractivity contribution >= 4 is 69.6 Å². The molecule has 58 valence electrons. The molecule has 0 aliphatic heterocycles. The van der Waals surface area contributed by atoms with Crippen LogP contribution < -0.4 is 0 Å². The van der Waals surface area contributed by atoms with Gasteiger partial charge in [-0.25, -0.2) is 4.57 Å². The first-order chi connectivity index (χ1) is 3.71. The second kappa shape index (κ2) is 4.63. The van der Waals surface area contributed by atoms with Crippen LogP contribution in [-0.4, -0.2) is 74.1 Å². The van der Waals surface area contributed by atoms with Crippen LogP contribution in [0.1, 0.15) is 0 Å². The van der Waals surface area contributed by atoms with Gasteiger partial charge in [0.25, 0.3) is 0 Å². The molecule has 0 saturated heterocycles. The summed E-state index contributed by atoms with van der Waals surface area (Å²) in [6.45, 7) is 0. The summed E-state index contributed by atoms with van der Waals surface area (Å²) >= 11 is 0. The van der Waals surface area contributed by atoms with Crippen LogP contribution in [0.5, 0.6) is 0 Å². The molecule has 0 fully saturated rings. The van der Waals surface area contributed by atoms with Gasteiger partial charge in [0, 0.05) is 0 Å². The average molecular weight is 218 g/mol. The molecule has 0 aliphatic carbocycles. The molecule has 7 nitrogen and oxygen atoms in total. The van der Waals surface area contributed by atoms with E-state index in [9.17, 15) is 13.0 Å². The SMILES string of the molecule is O=P(O)(O)OS(=O)(=O)O.[KH]. The van der Waals surface area contributed by atoms with Gasteiger partial charge < -0.3 is 9.79 Å². The Labute approximate surface area is 99.4 Å². The van der Waals surface area contributed by atoms with Gasteiger partial charge in [0.1, 0.15) is 0 Å². The van der Waals surface area contributed by atoms with Crippen molar-refractivity contribution in [2.24, 2.45) is 0 Å². The maximum absolute atomic E-state index is 9.58. The van der Waals surface area contributed by atoms with Gasteiger partial charge in [-0.2, -0.15) is 8.42 Å². The number of phosphoric acid groups is 1. The molecule has 0 atom stereocenters. The monoisotopic (exact) mass is 218 g/mol. The van der Waals surface area contributed by atoms with Crippen molar-refractivity contribution in [3.05, 3.63) is 0 Å². The molecule has 0 aromatic rings. The fourth-order valence-electron chi connectivity index (χ4n) is 0.123. The minimum atomic E-state index is -5.13. The van der Waals surface area contributed by atoms with Crippen molar-refractivity contribution in [3.8, 4) is 0 Å². The van der Waals surface area contributed by atoms with Crippen molar-refractivity contribution in [1.29, 1.82) is 0 Å². The van der Waals surface area contributed by atoms with Crippen molar-refractivity contribution in [3.63, 3.8) is 0 Å². The molecule has 0 aliphatic rings. The van der Waals surface area contributed by atoms with Crippen molar-refractivity contribution in [2.45, 2.75) is 0 Å². The van der Waals surface area contributed by atoms with Crippen LogP contribution >= 0.6 is 7.82 Å². The third kappa shape index (κ3) is 12.3. The van der Waals surface area contributed by atoms with E-state index in [0.29, 0.717) is 0 Å². The Kier molecular flexibility index (Phi) is 6.57. The van der Waals surface area contributed by atoms with Gasteiger partial charge in [-0.3, -0.25) is 4.55 Å². The zero-order valence-electron chi connectivity index (χ0n) is 3.83. The molecule has 0 amide bonds. The van der Waals surface area contributed by atoms with Crippen LogP contribution in [-0.2, 0) is 18.9 Å². The maximum atomic E-state index is 9.58. The molecule has 0 aromatic heterocycles. The van der Waals surface area contributed by atoms with Crippen LogP contribution in [0.3, 0.4) is 0 Å². The summed E-state index contributed by atoms with van der Waals surface area (Å²) < 4.78 is 39.0. The number of hydrogen-bond donors (Lipinski definition) is 3. The van der Waals surface area contributed by atoms with Gasteiger partial charge >= 0.3 is 69.6 Å². The Morgan fingerprint density at radius 3 is 1.60 bits per heavy atom. The molecule has 10 heteroatoms. The zero-order chi connectivity index (χ0) is 7.71. The van der Waals surface area contributed by atoms with Crippen LogP contribution in [0.2, 0.25) is 0 Å². The predicted molar refractivity (Wildman–Crippen MR) is 31.8 cm³/mol. The second-order valence-electron chi connectivity index (χ2n) is 0.993. The quantitative estimate of drug-likeness (QED) is 0.285. The van der Waals surface area contributed by atoms with Gasteiger partial charge in [-0.15, -0.1) is 3.97 Å². The predicted octanol–water partition coefficient (Wildman–Crippen LogP) is -1.75. The Balaban J connectivity index is 0. The molecule has 0 heterocycles. The molecular formula is H4KO7PS. The van der Waals surface area contributed by atoms with E-state index in [4.69, 9.17) is 14.3 Å². The third-order valence-corrected chi connectivity index (χ3v) is 1.72. The van der Waals surface area contributed by atoms with E-state index >= 15 is 0 Å². The summed E-state index contributed by atoms with van der Waals surface area (Å²) in [5, 5.41) is 0. The fourth-order valence-corrected chi connectivity index (χ4v) is 1.10. The van der Waals surface area contributed by atoms with E-state index in [1.54, 1.807) is 0 Å². The molecule has 0 unspecified atom stereocenters. The molecule has 0 aromatic carbocycles. The summed E-state index contributed by atoms with van der Waals surface area (Å²) in [7, 11) is -10.2. The van der Waals surface area contributed by atoms with E-state index in [-0.39, 0.29) is 51.4 Å². The third-order valence-electron chi connectivity index (χ3n) is 0.191. The van der Waals surface area contributed by atoms with E-state index in [0.717, 1.165) is 0 Å². The topological polar surface area (TPSA) is 121 Å². The molecule has 0 bridgehead atoms. The van der Waals surface area contributed by atoms with E-state index in [2.05, 4.69) is 3.97 Å². The minimum absolute atomic E-state index is 0. The van der Waals surface area contributed by atoms with E-state index in [1.165, 1.54) is 0 Å². The van der Waals surface area contributed by atoms with Crippen LogP contribution in [0.25, 0.3) is 0 Å². The van der Waals surface area contributed by atoms with Gasteiger partial charge in [-0.05, 0) is 0 Å². The van der Waals surface area contributed by atoms with Gasteiger partial charge in [0.05, 0.1) is 0 Å². The van der Waals surface area contributed by atoms with Crippen LogP contribution in [0, 0.1) is 0 Å². The summed E-state index contributed by atoms with van der Waals surface area (Å²) in [4.78, 5) is 15.4. The van der Waals surface area contributed by atoms with Crippen molar-refractivity contribution in [1.82, 2.24) is 0 Å². The Morgan fingerprint density at radius 1 is 1.30 bits per heavy atom. The molecule has 3 N–H and O–H groups in total. The molecule has 10 heavy (non-hydrogen) atoms. The molecule has 0 rings (SSSR count). The van der Waals surface area contributed by atoms with Gasteiger partial charge in [-0.1, -0.05) is 0 Å². The average Bonchev–Trinajstić information content (AvgIpc) is 1.14. The van der Waals surface area contributed by atoms with Crippen LogP contribution in [0.15, 0.2) is 0 Å². The molecule has 0 radical (unpaired) electrons. The summed E-state index contributed by atoms with van der Waals surface area (Å²) in [6.07, 6.45) is 0. The Hall–Kier alpha value is 1.66.